The van der Waals surface area contributed by atoms with Crippen molar-refractivity contribution < 1.29 is 33.6 Å². The van der Waals surface area contributed by atoms with Gasteiger partial charge in [-0.2, -0.15) is 5.01 Å². The largest absolute Gasteiger partial charge is 0.497 e. The van der Waals surface area contributed by atoms with Crippen LogP contribution in [0.3, 0.4) is 0 Å². The second kappa shape index (κ2) is 8.32. The molecule has 142 valence electrons. The lowest BCUT2D eigenvalue weighted by molar-refractivity contribution is -2.00. The molecule has 0 aliphatic carbocycles. The predicted octanol–water partition coefficient (Wildman–Crippen LogP) is -1.13. The average Bonchev–Trinajstić information content (AvgIpc) is 2.91. The number of benzene rings is 2. The summed E-state index contributed by atoms with van der Waals surface area (Å²) in [5.41, 5.74) is 2.66. The van der Waals surface area contributed by atoms with Crippen LogP contribution >= 0.6 is 0 Å². The van der Waals surface area contributed by atoms with Gasteiger partial charge in [0, 0.05) is 31.2 Å². The van der Waals surface area contributed by atoms with Crippen molar-refractivity contribution in [2.45, 2.75) is 12.5 Å². The Hall–Kier alpha value is -1.71. The maximum atomic E-state index is 8.49. The molecule has 2 aromatic rings. The van der Waals surface area contributed by atoms with Gasteiger partial charge in [-0.1, -0.05) is 36.4 Å². The van der Waals surface area contributed by atoms with Crippen LogP contribution in [0.25, 0.3) is 0 Å². The van der Waals surface area contributed by atoms with Crippen LogP contribution in [0.2, 0.25) is 0 Å². The summed E-state index contributed by atoms with van der Waals surface area (Å²) in [7, 11) is 1.27. The first-order chi connectivity index (χ1) is 12.2. The summed E-state index contributed by atoms with van der Waals surface area (Å²) in [6.07, 6.45) is 1.16. The SMILES string of the molecule is COc1cccc([N+]2(C)C(c3ccccc3)CCN2C)c1.[O-][Cl+3]([O-])([O-])[O-]. The van der Waals surface area contributed by atoms with E-state index in [1.807, 2.05) is 6.07 Å². The maximum absolute atomic E-state index is 8.49. The summed E-state index contributed by atoms with van der Waals surface area (Å²) < 4.78 is 40.2. The molecule has 1 fully saturated rings. The van der Waals surface area contributed by atoms with Gasteiger partial charge in [-0.05, 0) is 6.07 Å². The van der Waals surface area contributed by atoms with Crippen molar-refractivity contribution in [3.8, 4) is 5.75 Å². The molecule has 1 aliphatic heterocycles. The van der Waals surface area contributed by atoms with Crippen molar-refractivity contribution >= 4 is 5.69 Å². The Kier molecular flexibility index (Phi) is 6.59. The molecular formula is C18H23ClN2O5. The van der Waals surface area contributed by atoms with Gasteiger partial charge in [-0.15, -0.1) is 10.2 Å². The first-order valence-electron chi connectivity index (χ1n) is 8.05. The molecule has 0 bridgehead atoms. The lowest BCUT2D eigenvalue weighted by atomic mass is 10.0. The van der Waals surface area contributed by atoms with Gasteiger partial charge >= 0.3 is 0 Å². The first-order valence-corrected chi connectivity index (χ1v) is 9.29. The number of hydrogen-bond donors (Lipinski definition) is 0. The second-order valence-corrected chi connectivity index (χ2v) is 6.96. The summed E-state index contributed by atoms with van der Waals surface area (Å²) in [6.45, 7) is 1.09. The van der Waals surface area contributed by atoms with E-state index in [2.05, 4.69) is 67.6 Å². The number of hydrogen-bond acceptors (Lipinski definition) is 6. The molecule has 26 heavy (non-hydrogen) atoms. The van der Waals surface area contributed by atoms with E-state index in [0.29, 0.717) is 6.04 Å². The molecule has 3 rings (SSSR count). The highest BCUT2D eigenvalue weighted by Crippen LogP contribution is 2.42. The van der Waals surface area contributed by atoms with E-state index in [0.717, 1.165) is 23.3 Å². The van der Waals surface area contributed by atoms with E-state index < -0.39 is 10.2 Å². The number of quaternary nitrogens is 1. The van der Waals surface area contributed by atoms with Crippen LogP contribution < -0.4 is 28.0 Å². The summed E-state index contributed by atoms with van der Waals surface area (Å²) in [4.78, 5) is 0. The highest BCUT2D eigenvalue weighted by Gasteiger charge is 2.46. The van der Waals surface area contributed by atoms with Gasteiger partial charge in [0.15, 0.2) is 5.69 Å². The van der Waals surface area contributed by atoms with Crippen LogP contribution in [-0.4, -0.2) is 32.8 Å². The molecule has 0 aromatic heterocycles. The van der Waals surface area contributed by atoms with Crippen molar-refractivity contribution in [3.63, 3.8) is 0 Å². The zero-order valence-corrected chi connectivity index (χ0v) is 15.8. The minimum absolute atomic E-state index is 0.448. The van der Waals surface area contributed by atoms with Crippen LogP contribution in [0.5, 0.6) is 5.75 Å². The van der Waals surface area contributed by atoms with Crippen LogP contribution in [0, 0.1) is 10.2 Å². The Morgan fingerprint density at radius 2 is 1.65 bits per heavy atom. The standard InChI is InChI=1S/C18H23N2O.ClHO4/c1-19-13-12-18(15-8-5-4-6-9-15)20(19,2)16-10-7-11-17(14-16)21-3;2-1(3,4)5/h4-11,14,18H,12-13H2,1-3H3;(H,2,3,4,5)/q+1;/p-1. The van der Waals surface area contributed by atoms with Crippen molar-refractivity contribution in [2.24, 2.45) is 0 Å². The smallest absolute Gasteiger partial charge is 0.156 e. The molecule has 2 aromatic carbocycles. The van der Waals surface area contributed by atoms with Crippen molar-refractivity contribution in [2.75, 3.05) is 27.7 Å². The zero-order valence-electron chi connectivity index (χ0n) is 15.0. The number of rotatable bonds is 3. The fourth-order valence-electron chi connectivity index (χ4n) is 3.41. The summed E-state index contributed by atoms with van der Waals surface area (Å²) >= 11 is 0. The van der Waals surface area contributed by atoms with Crippen LogP contribution in [0.1, 0.15) is 18.0 Å². The van der Waals surface area contributed by atoms with E-state index in [4.69, 9.17) is 23.4 Å². The van der Waals surface area contributed by atoms with E-state index in [1.54, 1.807) is 7.11 Å². The molecule has 2 unspecified atom stereocenters. The van der Waals surface area contributed by atoms with Gasteiger partial charge in [0.1, 0.15) is 11.8 Å². The highest BCUT2D eigenvalue weighted by molar-refractivity contribution is 5.49. The molecule has 1 saturated heterocycles. The third-order valence-electron chi connectivity index (χ3n) is 4.80. The Morgan fingerprint density at radius 3 is 2.23 bits per heavy atom. The molecule has 2 atom stereocenters. The maximum Gasteiger partial charge on any atom is 0.156 e. The summed E-state index contributed by atoms with van der Waals surface area (Å²) in [5.74, 6) is 0.916. The van der Waals surface area contributed by atoms with Gasteiger partial charge in [0.05, 0.1) is 20.7 Å². The number of ether oxygens (including phenoxy) is 1. The monoisotopic (exact) mass is 382 g/mol. The first kappa shape index (κ1) is 20.6. The minimum atomic E-state index is -4.94. The van der Waals surface area contributed by atoms with Crippen molar-refractivity contribution in [1.29, 1.82) is 0 Å². The van der Waals surface area contributed by atoms with Gasteiger partial charge < -0.3 is 4.74 Å². The zero-order chi connectivity index (χ0) is 19.4. The molecule has 0 N–H and O–H groups in total. The predicted molar refractivity (Wildman–Crippen MR) is 87.1 cm³/mol. The molecule has 0 amide bonds. The van der Waals surface area contributed by atoms with Crippen LogP contribution in [0.4, 0.5) is 5.69 Å². The van der Waals surface area contributed by atoms with Gasteiger partial charge in [0.25, 0.3) is 0 Å². The Morgan fingerprint density at radius 1 is 1.04 bits per heavy atom. The van der Waals surface area contributed by atoms with Crippen molar-refractivity contribution in [3.05, 3.63) is 60.2 Å². The minimum Gasteiger partial charge on any atom is -0.497 e. The highest BCUT2D eigenvalue weighted by atomic mass is 35.7. The Bertz CT molecular complexity index is 704. The number of nitrogens with zero attached hydrogens (tertiary/aromatic N) is 2. The lowest BCUT2D eigenvalue weighted by Crippen LogP contribution is -2.68. The summed E-state index contributed by atoms with van der Waals surface area (Å²) in [6, 6.07) is 19.7. The van der Waals surface area contributed by atoms with E-state index in [9.17, 15) is 0 Å². The third kappa shape index (κ3) is 4.93. The van der Waals surface area contributed by atoms with Crippen molar-refractivity contribution in [1.82, 2.24) is 9.60 Å². The molecule has 1 heterocycles. The van der Waals surface area contributed by atoms with E-state index in [-0.39, 0.29) is 0 Å². The molecule has 7 nitrogen and oxygen atoms in total. The second-order valence-electron chi connectivity index (χ2n) is 6.20. The molecule has 0 radical (unpaired) electrons. The van der Waals surface area contributed by atoms with Crippen LogP contribution in [0.15, 0.2) is 54.6 Å². The Balaban J connectivity index is 0.000000431. The Labute approximate surface area is 155 Å². The topological polar surface area (TPSA) is 105 Å². The average molecular weight is 383 g/mol. The van der Waals surface area contributed by atoms with E-state index in [1.165, 1.54) is 11.3 Å². The number of halogens is 1. The van der Waals surface area contributed by atoms with E-state index >= 15 is 0 Å². The molecule has 0 saturated carbocycles. The summed E-state index contributed by atoms with van der Waals surface area (Å²) in [5, 5.41) is 2.41. The third-order valence-corrected chi connectivity index (χ3v) is 4.80. The van der Waals surface area contributed by atoms with Gasteiger partial charge in [0.2, 0.25) is 0 Å². The molecule has 1 aliphatic rings. The fraction of sp³-hybridized carbons (Fsp3) is 0.333. The fourth-order valence-corrected chi connectivity index (χ4v) is 3.41. The quantitative estimate of drug-likeness (QED) is 0.622. The van der Waals surface area contributed by atoms with Gasteiger partial charge in [-0.3, -0.25) is 0 Å². The molecular weight excluding hydrogens is 360 g/mol. The molecule has 8 heteroatoms. The lowest BCUT2D eigenvalue weighted by Gasteiger charge is -2.39. The van der Waals surface area contributed by atoms with Gasteiger partial charge in [-0.25, -0.2) is 23.2 Å². The van der Waals surface area contributed by atoms with Crippen LogP contribution in [-0.2, 0) is 0 Å². The number of methoxy groups -OCH3 is 1. The molecule has 0 spiro atoms. The normalized spacial score (nSPS) is 23.3.